The standard InChI is InChI=1S/C20H23ClO3/c1-23-20(22)13-10-16-8-11-19(12-9-16)24-14-3-2-5-17-6-4-7-18(21)15-17/h4,6-9,11-12,15H,2-3,5,10,13-14H2,1H3. The van der Waals surface area contributed by atoms with E-state index in [-0.39, 0.29) is 5.97 Å². The van der Waals surface area contributed by atoms with Crippen LogP contribution in [0.25, 0.3) is 0 Å². The van der Waals surface area contributed by atoms with Gasteiger partial charge >= 0.3 is 5.97 Å². The molecule has 2 aromatic carbocycles. The lowest BCUT2D eigenvalue weighted by Gasteiger charge is -2.07. The average Bonchev–Trinajstić information content (AvgIpc) is 2.60. The summed E-state index contributed by atoms with van der Waals surface area (Å²) in [5.74, 6) is 0.676. The molecular weight excluding hydrogens is 324 g/mol. The maximum Gasteiger partial charge on any atom is 0.305 e. The number of benzene rings is 2. The molecule has 0 saturated carbocycles. The van der Waals surface area contributed by atoms with Gasteiger partial charge in [0.15, 0.2) is 0 Å². The topological polar surface area (TPSA) is 35.5 Å². The van der Waals surface area contributed by atoms with Crippen molar-refractivity contribution in [1.82, 2.24) is 0 Å². The second-order valence-corrected chi connectivity index (χ2v) is 6.09. The molecule has 0 aliphatic heterocycles. The fourth-order valence-corrected chi connectivity index (χ4v) is 2.63. The predicted octanol–water partition coefficient (Wildman–Crippen LogP) is 4.85. The smallest absolute Gasteiger partial charge is 0.305 e. The van der Waals surface area contributed by atoms with Gasteiger partial charge in [-0.1, -0.05) is 35.9 Å². The van der Waals surface area contributed by atoms with Gasteiger partial charge in [-0.05, 0) is 61.1 Å². The van der Waals surface area contributed by atoms with Crippen LogP contribution in [0.5, 0.6) is 5.75 Å². The highest BCUT2D eigenvalue weighted by molar-refractivity contribution is 6.30. The Morgan fingerprint density at radius 1 is 1.00 bits per heavy atom. The van der Waals surface area contributed by atoms with Gasteiger partial charge in [0.2, 0.25) is 0 Å². The third-order valence-corrected chi connectivity index (χ3v) is 4.02. The molecule has 0 spiro atoms. The number of carbonyl (C=O) groups excluding carboxylic acids is 1. The van der Waals surface area contributed by atoms with Crippen LogP contribution in [0.3, 0.4) is 0 Å². The summed E-state index contributed by atoms with van der Waals surface area (Å²) in [5, 5.41) is 0.788. The first-order valence-electron chi connectivity index (χ1n) is 8.20. The number of unbranched alkanes of at least 4 members (excludes halogenated alkanes) is 1. The van der Waals surface area contributed by atoms with Gasteiger partial charge in [0, 0.05) is 11.4 Å². The Balaban J connectivity index is 1.64. The van der Waals surface area contributed by atoms with Gasteiger partial charge in [0.25, 0.3) is 0 Å². The molecule has 0 saturated heterocycles. The number of hydrogen-bond acceptors (Lipinski definition) is 3. The van der Waals surface area contributed by atoms with Crippen molar-refractivity contribution in [2.24, 2.45) is 0 Å². The molecule has 0 radical (unpaired) electrons. The average molecular weight is 347 g/mol. The molecule has 0 aliphatic carbocycles. The molecule has 0 atom stereocenters. The SMILES string of the molecule is COC(=O)CCc1ccc(OCCCCc2cccc(Cl)c2)cc1. The van der Waals surface area contributed by atoms with E-state index < -0.39 is 0 Å². The largest absolute Gasteiger partial charge is 0.494 e. The minimum atomic E-state index is -0.185. The number of rotatable bonds is 9. The monoisotopic (exact) mass is 346 g/mol. The number of aryl methyl sites for hydroxylation is 2. The Labute approximate surface area is 148 Å². The zero-order chi connectivity index (χ0) is 17.2. The van der Waals surface area contributed by atoms with E-state index in [2.05, 4.69) is 10.8 Å². The molecule has 128 valence electrons. The first-order valence-corrected chi connectivity index (χ1v) is 8.58. The van der Waals surface area contributed by atoms with Crippen molar-refractivity contribution >= 4 is 17.6 Å². The second kappa shape index (κ2) is 9.99. The van der Waals surface area contributed by atoms with E-state index in [1.165, 1.54) is 12.7 Å². The van der Waals surface area contributed by atoms with E-state index in [1.54, 1.807) is 0 Å². The summed E-state index contributed by atoms with van der Waals surface area (Å²) in [4.78, 5) is 11.1. The predicted molar refractivity (Wildman–Crippen MR) is 96.7 cm³/mol. The quantitative estimate of drug-likeness (QED) is 0.481. The molecule has 4 heteroatoms. The lowest BCUT2D eigenvalue weighted by molar-refractivity contribution is -0.140. The minimum Gasteiger partial charge on any atom is -0.494 e. The highest BCUT2D eigenvalue weighted by Crippen LogP contribution is 2.15. The zero-order valence-electron chi connectivity index (χ0n) is 14.0. The summed E-state index contributed by atoms with van der Waals surface area (Å²) in [6.45, 7) is 0.697. The molecule has 0 amide bonds. The number of carbonyl (C=O) groups is 1. The molecular formula is C20H23ClO3. The van der Waals surface area contributed by atoms with E-state index in [0.717, 1.165) is 35.6 Å². The molecule has 3 nitrogen and oxygen atoms in total. The van der Waals surface area contributed by atoms with Crippen LogP contribution in [-0.2, 0) is 22.4 Å². The van der Waals surface area contributed by atoms with Gasteiger partial charge in [0.1, 0.15) is 5.75 Å². The molecule has 0 aliphatic rings. The van der Waals surface area contributed by atoms with E-state index in [4.69, 9.17) is 16.3 Å². The fourth-order valence-electron chi connectivity index (χ4n) is 2.41. The number of ether oxygens (including phenoxy) is 2. The Kier molecular flexibility index (Phi) is 7.63. The lowest BCUT2D eigenvalue weighted by atomic mass is 10.1. The van der Waals surface area contributed by atoms with Crippen molar-refractivity contribution < 1.29 is 14.3 Å². The van der Waals surface area contributed by atoms with Crippen molar-refractivity contribution in [3.63, 3.8) is 0 Å². The number of esters is 1. The summed E-state index contributed by atoms with van der Waals surface area (Å²) < 4.78 is 10.4. The van der Waals surface area contributed by atoms with E-state index in [0.29, 0.717) is 19.4 Å². The van der Waals surface area contributed by atoms with Crippen molar-refractivity contribution in [2.45, 2.75) is 32.1 Å². The lowest BCUT2D eigenvalue weighted by Crippen LogP contribution is -2.02. The minimum absolute atomic E-state index is 0.185. The molecule has 0 heterocycles. The molecule has 0 unspecified atom stereocenters. The van der Waals surface area contributed by atoms with Crippen molar-refractivity contribution in [3.05, 3.63) is 64.7 Å². The van der Waals surface area contributed by atoms with E-state index in [9.17, 15) is 4.79 Å². The highest BCUT2D eigenvalue weighted by atomic mass is 35.5. The molecule has 0 N–H and O–H groups in total. The third-order valence-electron chi connectivity index (χ3n) is 3.79. The Morgan fingerprint density at radius 2 is 1.79 bits per heavy atom. The maximum atomic E-state index is 11.1. The molecule has 2 rings (SSSR count). The highest BCUT2D eigenvalue weighted by Gasteiger charge is 2.02. The maximum absolute atomic E-state index is 11.1. The summed E-state index contributed by atoms with van der Waals surface area (Å²) >= 11 is 5.98. The Hall–Kier alpha value is -2.00. The Morgan fingerprint density at radius 3 is 2.50 bits per heavy atom. The van der Waals surface area contributed by atoms with Crippen LogP contribution in [0, 0.1) is 0 Å². The van der Waals surface area contributed by atoms with Crippen LogP contribution < -0.4 is 4.74 Å². The molecule has 24 heavy (non-hydrogen) atoms. The van der Waals surface area contributed by atoms with Gasteiger partial charge in [-0.15, -0.1) is 0 Å². The summed E-state index contributed by atoms with van der Waals surface area (Å²) in [5.41, 5.74) is 2.37. The summed E-state index contributed by atoms with van der Waals surface area (Å²) in [6.07, 6.45) is 4.16. The first-order chi connectivity index (χ1) is 11.7. The third kappa shape index (κ3) is 6.63. The van der Waals surface area contributed by atoms with Crippen LogP contribution in [0.4, 0.5) is 0 Å². The van der Waals surface area contributed by atoms with Crippen LogP contribution in [-0.4, -0.2) is 19.7 Å². The fraction of sp³-hybridized carbons (Fsp3) is 0.350. The molecule has 2 aromatic rings. The van der Waals surface area contributed by atoms with Crippen LogP contribution in [0.2, 0.25) is 5.02 Å². The van der Waals surface area contributed by atoms with E-state index >= 15 is 0 Å². The van der Waals surface area contributed by atoms with Gasteiger partial charge in [-0.2, -0.15) is 0 Å². The summed E-state index contributed by atoms with van der Waals surface area (Å²) in [6, 6.07) is 15.9. The van der Waals surface area contributed by atoms with Crippen molar-refractivity contribution in [2.75, 3.05) is 13.7 Å². The van der Waals surface area contributed by atoms with Gasteiger partial charge in [-0.3, -0.25) is 4.79 Å². The van der Waals surface area contributed by atoms with Crippen molar-refractivity contribution in [3.8, 4) is 5.75 Å². The number of halogens is 1. The second-order valence-electron chi connectivity index (χ2n) is 5.66. The van der Waals surface area contributed by atoms with Crippen molar-refractivity contribution in [1.29, 1.82) is 0 Å². The number of methoxy groups -OCH3 is 1. The molecule has 0 aromatic heterocycles. The van der Waals surface area contributed by atoms with Gasteiger partial charge in [-0.25, -0.2) is 0 Å². The number of hydrogen-bond donors (Lipinski definition) is 0. The summed E-state index contributed by atoms with van der Waals surface area (Å²) in [7, 11) is 1.41. The molecule has 0 bridgehead atoms. The Bertz CT molecular complexity index is 638. The van der Waals surface area contributed by atoms with E-state index in [1.807, 2.05) is 42.5 Å². The van der Waals surface area contributed by atoms with Gasteiger partial charge in [0.05, 0.1) is 13.7 Å². The molecule has 0 fully saturated rings. The van der Waals surface area contributed by atoms with Crippen LogP contribution >= 0.6 is 11.6 Å². The van der Waals surface area contributed by atoms with Gasteiger partial charge < -0.3 is 9.47 Å². The first kappa shape index (κ1) is 18.3. The van der Waals surface area contributed by atoms with Crippen LogP contribution in [0.15, 0.2) is 48.5 Å². The zero-order valence-corrected chi connectivity index (χ0v) is 14.7. The normalized spacial score (nSPS) is 10.4. The van der Waals surface area contributed by atoms with Crippen LogP contribution in [0.1, 0.15) is 30.4 Å².